The molecule has 1 aromatic carbocycles. The van der Waals surface area contributed by atoms with Gasteiger partial charge in [0.25, 0.3) is 0 Å². The van der Waals surface area contributed by atoms with Crippen molar-refractivity contribution >= 4 is 26.0 Å². The number of sulfonamides is 2. The molecule has 2 rings (SSSR count). The third kappa shape index (κ3) is 3.00. The first kappa shape index (κ1) is 16.9. The van der Waals surface area contributed by atoms with Crippen LogP contribution < -0.4 is 4.72 Å². The van der Waals surface area contributed by atoms with Gasteiger partial charge in [0.05, 0.1) is 9.79 Å². The second kappa shape index (κ2) is 5.95. The molecular weight excluding hydrogens is 332 g/mol. The number of hydrogen-bond donors (Lipinski definition) is 2. The molecule has 0 radical (unpaired) electrons. The number of aliphatic carboxylic acids is 1. The van der Waals surface area contributed by atoms with Crippen molar-refractivity contribution < 1.29 is 26.7 Å². The highest BCUT2D eigenvalue weighted by atomic mass is 32.2. The van der Waals surface area contributed by atoms with Crippen molar-refractivity contribution in [2.45, 2.75) is 28.7 Å². The van der Waals surface area contributed by atoms with E-state index < -0.39 is 32.1 Å². The van der Waals surface area contributed by atoms with Gasteiger partial charge in [-0.05, 0) is 38.1 Å². The van der Waals surface area contributed by atoms with Gasteiger partial charge in [-0.1, -0.05) is 6.07 Å². The van der Waals surface area contributed by atoms with E-state index in [0.717, 1.165) is 10.4 Å². The summed E-state index contributed by atoms with van der Waals surface area (Å²) in [4.78, 5) is 10.7. The monoisotopic (exact) mass is 348 g/mol. The molecule has 0 bridgehead atoms. The fourth-order valence-corrected chi connectivity index (χ4v) is 4.88. The minimum Gasteiger partial charge on any atom is -0.480 e. The van der Waals surface area contributed by atoms with Crippen LogP contribution in [-0.2, 0) is 24.8 Å². The average molecular weight is 348 g/mol. The molecule has 1 heterocycles. The Hall–Kier alpha value is -1.49. The van der Waals surface area contributed by atoms with Gasteiger partial charge >= 0.3 is 5.97 Å². The van der Waals surface area contributed by atoms with Crippen molar-refractivity contribution in [3.05, 3.63) is 24.3 Å². The highest BCUT2D eigenvalue weighted by Gasteiger charge is 2.39. The largest absolute Gasteiger partial charge is 0.480 e. The van der Waals surface area contributed by atoms with Crippen molar-refractivity contribution in [1.29, 1.82) is 0 Å². The lowest BCUT2D eigenvalue weighted by atomic mass is 10.2. The molecular formula is C12H16N2O6S2. The summed E-state index contributed by atoms with van der Waals surface area (Å²) in [7, 11) is -6.63. The van der Waals surface area contributed by atoms with E-state index in [4.69, 9.17) is 5.11 Å². The van der Waals surface area contributed by atoms with Crippen LogP contribution in [0.2, 0.25) is 0 Å². The van der Waals surface area contributed by atoms with Crippen molar-refractivity contribution in [2.75, 3.05) is 13.6 Å². The van der Waals surface area contributed by atoms with E-state index in [1.807, 2.05) is 0 Å². The Balaban J connectivity index is 2.47. The minimum absolute atomic E-state index is 0.0995. The van der Waals surface area contributed by atoms with Crippen LogP contribution in [-0.4, -0.2) is 51.9 Å². The zero-order chi connectivity index (χ0) is 16.5. The zero-order valence-electron chi connectivity index (χ0n) is 11.8. The second-order valence-corrected chi connectivity index (χ2v) is 8.57. The molecule has 10 heteroatoms. The molecule has 1 saturated heterocycles. The van der Waals surface area contributed by atoms with Gasteiger partial charge in [-0.3, -0.25) is 4.79 Å². The van der Waals surface area contributed by atoms with Gasteiger partial charge in [0.15, 0.2) is 0 Å². The number of rotatable bonds is 5. The molecule has 0 amide bonds. The summed E-state index contributed by atoms with van der Waals surface area (Å²) in [6.45, 7) is 0.0995. The number of carboxylic acids is 1. The van der Waals surface area contributed by atoms with Crippen LogP contribution in [0.5, 0.6) is 0 Å². The third-order valence-corrected chi connectivity index (χ3v) is 6.80. The summed E-state index contributed by atoms with van der Waals surface area (Å²) in [5.74, 6) is -1.21. The van der Waals surface area contributed by atoms with Gasteiger partial charge in [-0.2, -0.15) is 4.31 Å². The summed E-state index contributed by atoms with van der Waals surface area (Å²) in [5, 5.41) is 9.10. The molecule has 0 aliphatic carbocycles. The topological polar surface area (TPSA) is 121 Å². The Bertz CT molecular complexity index is 788. The summed E-state index contributed by atoms with van der Waals surface area (Å²) >= 11 is 0. The summed E-state index contributed by atoms with van der Waals surface area (Å²) in [5.41, 5.74) is 0. The molecule has 1 atom stereocenters. The first-order valence-corrected chi connectivity index (χ1v) is 9.41. The van der Waals surface area contributed by atoms with Crippen LogP contribution in [0.15, 0.2) is 34.1 Å². The SMILES string of the molecule is CNS(=O)(=O)c1cccc(S(=O)(=O)N2CCC[C@H]2C(=O)O)c1. The normalized spacial score (nSPS) is 20.1. The van der Waals surface area contributed by atoms with Crippen molar-refractivity contribution in [1.82, 2.24) is 9.03 Å². The lowest BCUT2D eigenvalue weighted by molar-refractivity contribution is -0.140. The minimum atomic E-state index is -4.06. The molecule has 1 fully saturated rings. The van der Waals surface area contributed by atoms with E-state index in [2.05, 4.69) is 4.72 Å². The number of carbonyl (C=O) groups is 1. The molecule has 22 heavy (non-hydrogen) atoms. The molecule has 1 aliphatic heterocycles. The van der Waals surface area contributed by atoms with Crippen LogP contribution in [0.3, 0.4) is 0 Å². The first-order chi connectivity index (χ1) is 10.2. The van der Waals surface area contributed by atoms with Crippen LogP contribution in [0.1, 0.15) is 12.8 Å². The summed E-state index contributed by atoms with van der Waals surface area (Å²) < 4.78 is 51.7. The Morgan fingerprint density at radius 1 is 1.27 bits per heavy atom. The number of carboxylic acid groups (broad SMARTS) is 1. The predicted octanol–water partition coefficient (Wildman–Crippen LogP) is -0.168. The Labute approximate surface area is 128 Å². The molecule has 0 unspecified atom stereocenters. The fourth-order valence-electron chi connectivity index (χ4n) is 2.33. The van der Waals surface area contributed by atoms with Crippen LogP contribution in [0.25, 0.3) is 0 Å². The van der Waals surface area contributed by atoms with Gasteiger partial charge in [0, 0.05) is 6.54 Å². The molecule has 1 aromatic rings. The lowest BCUT2D eigenvalue weighted by Gasteiger charge is -2.21. The lowest BCUT2D eigenvalue weighted by Crippen LogP contribution is -2.40. The van der Waals surface area contributed by atoms with Gasteiger partial charge in [0.2, 0.25) is 20.0 Å². The highest BCUT2D eigenvalue weighted by molar-refractivity contribution is 7.90. The zero-order valence-corrected chi connectivity index (χ0v) is 13.4. The highest BCUT2D eigenvalue weighted by Crippen LogP contribution is 2.27. The Kier molecular flexibility index (Phi) is 4.57. The number of benzene rings is 1. The van der Waals surface area contributed by atoms with Gasteiger partial charge < -0.3 is 5.11 Å². The van der Waals surface area contributed by atoms with Crippen molar-refractivity contribution in [3.63, 3.8) is 0 Å². The van der Waals surface area contributed by atoms with Crippen molar-refractivity contribution in [2.24, 2.45) is 0 Å². The number of nitrogens with zero attached hydrogens (tertiary/aromatic N) is 1. The van der Waals surface area contributed by atoms with E-state index in [1.165, 1.54) is 25.2 Å². The van der Waals surface area contributed by atoms with Gasteiger partial charge in [0.1, 0.15) is 6.04 Å². The smallest absolute Gasteiger partial charge is 0.322 e. The van der Waals surface area contributed by atoms with E-state index in [9.17, 15) is 21.6 Å². The number of nitrogens with one attached hydrogen (secondary N) is 1. The molecule has 0 aromatic heterocycles. The van der Waals surface area contributed by atoms with E-state index >= 15 is 0 Å². The maximum Gasteiger partial charge on any atom is 0.322 e. The molecule has 122 valence electrons. The molecule has 8 nitrogen and oxygen atoms in total. The standard InChI is InChI=1S/C12H16N2O6S2/c1-13-21(17,18)9-4-2-5-10(8-9)22(19,20)14-7-3-6-11(14)12(15)16/h2,4-5,8,11,13H,3,6-7H2,1H3,(H,15,16)/t11-/m0/s1. The summed E-state index contributed by atoms with van der Waals surface area (Å²) in [6.07, 6.45) is 0.688. The first-order valence-electron chi connectivity index (χ1n) is 6.48. The third-order valence-electron chi connectivity index (χ3n) is 3.48. The molecule has 0 saturated carbocycles. The van der Waals surface area contributed by atoms with Crippen LogP contribution in [0, 0.1) is 0 Å². The maximum absolute atomic E-state index is 12.6. The van der Waals surface area contributed by atoms with E-state index in [-0.39, 0.29) is 22.8 Å². The molecule has 1 aliphatic rings. The average Bonchev–Trinajstić information content (AvgIpc) is 2.98. The van der Waals surface area contributed by atoms with Gasteiger partial charge in [-0.25, -0.2) is 21.6 Å². The van der Waals surface area contributed by atoms with Crippen molar-refractivity contribution in [3.8, 4) is 0 Å². The van der Waals surface area contributed by atoms with Crippen LogP contribution in [0.4, 0.5) is 0 Å². The Morgan fingerprint density at radius 2 is 1.91 bits per heavy atom. The molecule has 0 spiro atoms. The second-order valence-electron chi connectivity index (χ2n) is 4.79. The Morgan fingerprint density at radius 3 is 2.50 bits per heavy atom. The molecule has 2 N–H and O–H groups in total. The van der Waals surface area contributed by atoms with E-state index in [0.29, 0.717) is 6.42 Å². The number of hydrogen-bond acceptors (Lipinski definition) is 5. The summed E-state index contributed by atoms with van der Waals surface area (Å²) in [6, 6.07) is 3.74. The maximum atomic E-state index is 12.6. The quantitative estimate of drug-likeness (QED) is 0.762. The van der Waals surface area contributed by atoms with Crippen LogP contribution >= 0.6 is 0 Å². The fraction of sp³-hybridized carbons (Fsp3) is 0.417. The van der Waals surface area contributed by atoms with E-state index in [1.54, 1.807) is 0 Å². The van der Waals surface area contributed by atoms with Gasteiger partial charge in [-0.15, -0.1) is 0 Å². The predicted molar refractivity (Wildman–Crippen MR) is 77.2 cm³/mol.